The van der Waals surface area contributed by atoms with Gasteiger partial charge in [-0.15, -0.1) is 0 Å². The van der Waals surface area contributed by atoms with Gasteiger partial charge in [-0.1, -0.05) is 0 Å². The molecule has 7 heteroatoms. The Morgan fingerprint density at radius 2 is 2.21 bits per heavy atom. The maximum atomic E-state index is 12.3. The summed E-state index contributed by atoms with van der Waals surface area (Å²) in [6.45, 7) is 0. The number of carboxylic acids is 1. The summed E-state index contributed by atoms with van der Waals surface area (Å²) in [6, 6.07) is 0.782. The third-order valence-electron chi connectivity index (χ3n) is 1.50. The summed E-state index contributed by atoms with van der Waals surface area (Å²) in [6.07, 6.45) is -2.80. The van der Waals surface area contributed by atoms with E-state index >= 15 is 0 Å². The molecule has 0 saturated carbocycles. The van der Waals surface area contributed by atoms with Gasteiger partial charge in [0.2, 0.25) is 0 Å². The van der Waals surface area contributed by atoms with Crippen molar-refractivity contribution in [2.45, 2.75) is 6.43 Å². The number of nitrogens with two attached hydrogens (primary N) is 1. The monoisotopic (exact) mass is 314 g/mol. The van der Waals surface area contributed by atoms with Crippen molar-refractivity contribution in [1.29, 1.82) is 0 Å². The Labute approximate surface area is 91.3 Å². The van der Waals surface area contributed by atoms with Crippen LogP contribution >= 0.6 is 22.6 Å². The molecule has 0 unspecified atom stereocenters. The normalized spacial score (nSPS) is 10.6. The Balaban J connectivity index is 3.35. The minimum atomic E-state index is -2.80. The van der Waals surface area contributed by atoms with Crippen molar-refractivity contribution in [3.8, 4) is 0 Å². The summed E-state index contributed by atoms with van der Waals surface area (Å²) in [5, 5.41) is 8.55. The minimum absolute atomic E-state index is 0.0674. The van der Waals surface area contributed by atoms with Crippen LogP contribution in [0.25, 0.3) is 0 Å². The summed E-state index contributed by atoms with van der Waals surface area (Å²) >= 11 is 1.61. The number of anilines is 1. The molecule has 4 nitrogen and oxygen atoms in total. The van der Waals surface area contributed by atoms with Gasteiger partial charge in [0, 0.05) is 5.56 Å². The molecule has 0 aliphatic heterocycles. The van der Waals surface area contributed by atoms with Gasteiger partial charge in [0.1, 0.15) is 9.39 Å². The first kappa shape index (κ1) is 11.1. The van der Waals surface area contributed by atoms with Gasteiger partial charge in [-0.25, -0.2) is 18.6 Å². The number of nitrogen functional groups attached to an aromatic ring is 1. The molecule has 0 saturated heterocycles. The average molecular weight is 314 g/mol. The van der Waals surface area contributed by atoms with E-state index < -0.39 is 23.7 Å². The van der Waals surface area contributed by atoms with Crippen LogP contribution in [0, 0.1) is 3.70 Å². The van der Waals surface area contributed by atoms with Crippen molar-refractivity contribution in [3.63, 3.8) is 0 Å². The number of hydrogen-bond donors (Lipinski definition) is 2. The van der Waals surface area contributed by atoms with Gasteiger partial charge < -0.3 is 10.8 Å². The van der Waals surface area contributed by atoms with Gasteiger partial charge in [0.05, 0.1) is 5.69 Å². The lowest BCUT2D eigenvalue weighted by atomic mass is 10.2. The molecule has 0 fully saturated rings. The zero-order valence-corrected chi connectivity index (χ0v) is 8.83. The Morgan fingerprint density at radius 1 is 1.64 bits per heavy atom. The first-order valence-electron chi connectivity index (χ1n) is 3.41. The molecular weight excluding hydrogens is 309 g/mol. The van der Waals surface area contributed by atoms with Gasteiger partial charge in [0.25, 0.3) is 6.43 Å². The number of alkyl halides is 2. The molecule has 1 rings (SSSR count). The molecule has 0 radical (unpaired) electrons. The van der Waals surface area contributed by atoms with Crippen molar-refractivity contribution in [2.24, 2.45) is 0 Å². The summed E-state index contributed by atoms with van der Waals surface area (Å²) in [7, 11) is 0. The van der Waals surface area contributed by atoms with Crippen LogP contribution in [0.2, 0.25) is 0 Å². The van der Waals surface area contributed by atoms with Crippen molar-refractivity contribution >= 4 is 34.2 Å². The molecule has 0 aliphatic carbocycles. The van der Waals surface area contributed by atoms with Crippen molar-refractivity contribution < 1.29 is 18.7 Å². The Hall–Kier alpha value is -0.990. The number of carboxylic acid groups (broad SMARTS) is 1. The Bertz CT molecular complexity index is 384. The SMILES string of the molecule is Nc1c(C(F)F)cc(C(=O)O)nc1I. The lowest BCUT2D eigenvalue weighted by Gasteiger charge is -2.06. The van der Waals surface area contributed by atoms with Crippen molar-refractivity contribution in [2.75, 3.05) is 5.73 Å². The number of carbonyl (C=O) groups is 1. The highest BCUT2D eigenvalue weighted by molar-refractivity contribution is 14.1. The highest BCUT2D eigenvalue weighted by Crippen LogP contribution is 2.28. The molecule has 0 spiro atoms. The summed E-state index contributed by atoms with van der Waals surface area (Å²) in [5.74, 6) is -1.36. The smallest absolute Gasteiger partial charge is 0.354 e. The van der Waals surface area contributed by atoms with Crippen LogP contribution < -0.4 is 5.73 Å². The highest BCUT2D eigenvalue weighted by Gasteiger charge is 2.18. The maximum absolute atomic E-state index is 12.3. The van der Waals surface area contributed by atoms with Gasteiger partial charge in [-0.3, -0.25) is 0 Å². The third-order valence-corrected chi connectivity index (χ3v) is 2.32. The van der Waals surface area contributed by atoms with E-state index in [-0.39, 0.29) is 9.39 Å². The van der Waals surface area contributed by atoms with E-state index in [9.17, 15) is 13.6 Å². The zero-order valence-electron chi connectivity index (χ0n) is 6.67. The Morgan fingerprint density at radius 3 is 2.64 bits per heavy atom. The topological polar surface area (TPSA) is 76.2 Å². The number of aromatic carboxylic acids is 1. The van der Waals surface area contributed by atoms with E-state index in [1.165, 1.54) is 0 Å². The minimum Gasteiger partial charge on any atom is -0.477 e. The van der Waals surface area contributed by atoms with Gasteiger partial charge in [0.15, 0.2) is 0 Å². The highest BCUT2D eigenvalue weighted by atomic mass is 127. The summed E-state index contributed by atoms with van der Waals surface area (Å²) < 4.78 is 24.8. The Kier molecular flexibility index (Phi) is 3.19. The van der Waals surface area contributed by atoms with E-state index in [0.29, 0.717) is 0 Å². The lowest BCUT2D eigenvalue weighted by molar-refractivity contribution is 0.0689. The molecule has 0 bridgehead atoms. The van der Waals surface area contributed by atoms with E-state index in [0.717, 1.165) is 6.07 Å². The van der Waals surface area contributed by atoms with Crippen molar-refractivity contribution in [3.05, 3.63) is 21.0 Å². The van der Waals surface area contributed by atoms with Crippen LogP contribution in [0.1, 0.15) is 22.5 Å². The quantitative estimate of drug-likeness (QED) is 0.646. The van der Waals surface area contributed by atoms with Gasteiger partial charge in [-0.05, 0) is 28.7 Å². The third kappa shape index (κ3) is 2.08. The lowest BCUT2D eigenvalue weighted by Crippen LogP contribution is -2.07. The van der Waals surface area contributed by atoms with Crippen LogP contribution in [0.5, 0.6) is 0 Å². The van der Waals surface area contributed by atoms with E-state index in [1.54, 1.807) is 22.6 Å². The molecule has 1 aromatic rings. The van der Waals surface area contributed by atoms with Crippen LogP contribution in [-0.2, 0) is 0 Å². The number of hydrogen-bond acceptors (Lipinski definition) is 3. The summed E-state index contributed by atoms with van der Waals surface area (Å²) in [5.41, 5.74) is 4.20. The maximum Gasteiger partial charge on any atom is 0.354 e. The molecule has 0 aliphatic rings. The molecule has 14 heavy (non-hydrogen) atoms. The van der Waals surface area contributed by atoms with Crippen LogP contribution in [0.3, 0.4) is 0 Å². The molecule has 0 atom stereocenters. The average Bonchev–Trinajstić information content (AvgIpc) is 2.08. The largest absolute Gasteiger partial charge is 0.477 e. The fourth-order valence-electron chi connectivity index (χ4n) is 0.833. The van der Waals surface area contributed by atoms with E-state index in [2.05, 4.69) is 4.98 Å². The van der Waals surface area contributed by atoms with Crippen LogP contribution in [-0.4, -0.2) is 16.1 Å². The first-order valence-corrected chi connectivity index (χ1v) is 4.48. The molecule has 0 aromatic carbocycles. The second-order valence-electron chi connectivity index (χ2n) is 2.41. The van der Waals surface area contributed by atoms with Gasteiger partial charge >= 0.3 is 5.97 Å². The molecule has 1 heterocycles. The number of aromatic nitrogens is 1. The number of halogens is 3. The molecule has 0 amide bonds. The molecule has 76 valence electrons. The predicted octanol–water partition coefficient (Wildman–Crippen LogP) is 1.90. The fourth-order valence-corrected chi connectivity index (χ4v) is 1.40. The van der Waals surface area contributed by atoms with E-state index in [1.807, 2.05) is 0 Å². The van der Waals surface area contributed by atoms with E-state index in [4.69, 9.17) is 10.8 Å². The zero-order chi connectivity index (χ0) is 10.9. The fraction of sp³-hybridized carbons (Fsp3) is 0.143. The molecular formula is C7H5F2IN2O2. The number of pyridine rings is 1. The number of rotatable bonds is 2. The first-order chi connectivity index (χ1) is 6.43. The number of nitrogens with zero attached hydrogens (tertiary/aromatic N) is 1. The molecule has 1 aromatic heterocycles. The summed E-state index contributed by atoms with van der Waals surface area (Å²) in [4.78, 5) is 14.0. The van der Waals surface area contributed by atoms with Crippen LogP contribution in [0.4, 0.5) is 14.5 Å². The second kappa shape index (κ2) is 4.03. The molecule has 3 N–H and O–H groups in total. The second-order valence-corrected chi connectivity index (χ2v) is 3.43. The van der Waals surface area contributed by atoms with Crippen molar-refractivity contribution in [1.82, 2.24) is 4.98 Å². The predicted molar refractivity (Wildman–Crippen MR) is 53.3 cm³/mol. The standard InChI is InChI=1S/C7H5F2IN2O2/c8-5(9)2-1-3(7(13)14)12-6(10)4(2)11/h1,5H,11H2,(H,13,14). The van der Waals surface area contributed by atoms with Gasteiger partial charge in [-0.2, -0.15) is 0 Å². The van der Waals surface area contributed by atoms with Crippen LogP contribution in [0.15, 0.2) is 6.07 Å².